The van der Waals surface area contributed by atoms with Gasteiger partial charge in [0.2, 0.25) is 0 Å². The molecule has 4 nitrogen and oxygen atoms in total. The number of hydrogen-bond acceptors (Lipinski definition) is 4. The van der Waals surface area contributed by atoms with Gasteiger partial charge in [-0.15, -0.1) is 0 Å². The maximum atomic E-state index is 11.8. The summed E-state index contributed by atoms with van der Waals surface area (Å²) in [4.78, 5) is 16.3. The van der Waals surface area contributed by atoms with Crippen LogP contribution in [0.1, 0.15) is 56.3 Å². The van der Waals surface area contributed by atoms with Crippen LogP contribution in [0.15, 0.2) is 18.3 Å². The fraction of sp³-hybridized carbons (Fsp3) is 0.647. The second kappa shape index (κ2) is 6.56. The molecule has 4 heteroatoms. The largest absolute Gasteiger partial charge is 0.466 e. The van der Waals surface area contributed by atoms with Crippen LogP contribution < -0.4 is 5.32 Å². The van der Waals surface area contributed by atoms with Gasteiger partial charge in [-0.2, -0.15) is 0 Å². The van der Waals surface area contributed by atoms with Crippen molar-refractivity contribution in [3.05, 3.63) is 29.6 Å². The van der Waals surface area contributed by atoms with Gasteiger partial charge in [0.1, 0.15) is 0 Å². The predicted octanol–water partition coefficient (Wildman–Crippen LogP) is 2.78. The number of fused-ring (bicyclic) bond motifs is 1. The lowest BCUT2D eigenvalue weighted by Gasteiger charge is -2.30. The quantitative estimate of drug-likeness (QED) is 0.866. The maximum absolute atomic E-state index is 11.8. The number of nitrogens with one attached hydrogen (secondary N) is 1. The van der Waals surface area contributed by atoms with Gasteiger partial charge in [-0.1, -0.05) is 6.07 Å². The van der Waals surface area contributed by atoms with E-state index in [1.165, 1.54) is 11.3 Å². The highest BCUT2D eigenvalue weighted by molar-refractivity contribution is 5.72. The summed E-state index contributed by atoms with van der Waals surface area (Å²) in [5.41, 5.74) is 2.61. The summed E-state index contributed by atoms with van der Waals surface area (Å²) in [5, 5.41) is 3.75. The van der Waals surface area contributed by atoms with Crippen LogP contribution in [0.2, 0.25) is 0 Å². The molecule has 0 radical (unpaired) electrons. The van der Waals surface area contributed by atoms with Crippen LogP contribution in [-0.4, -0.2) is 23.6 Å². The Morgan fingerprint density at radius 2 is 2.14 bits per heavy atom. The van der Waals surface area contributed by atoms with Crippen molar-refractivity contribution < 1.29 is 9.53 Å². The first-order valence-electron chi connectivity index (χ1n) is 8.14. The van der Waals surface area contributed by atoms with Crippen LogP contribution in [-0.2, 0) is 16.0 Å². The van der Waals surface area contributed by atoms with Gasteiger partial charge in [0.25, 0.3) is 0 Å². The van der Waals surface area contributed by atoms with Crippen LogP contribution in [0.3, 0.4) is 0 Å². The Labute approximate surface area is 126 Å². The average molecular weight is 288 g/mol. The number of rotatable bonds is 4. The Kier molecular flexibility index (Phi) is 4.54. The van der Waals surface area contributed by atoms with Gasteiger partial charge in [-0.25, -0.2) is 0 Å². The molecule has 1 fully saturated rings. The molecule has 0 saturated heterocycles. The highest BCUT2D eigenvalue weighted by Gasteiger charge is 2.30. The molecule has 1 aromatic rings. The first-order chi connectivity index (χ1) is 10.3. The lowest BCUT2D eigenvalue weighted by atomic mass is 9.85. The Morgan fingerprint density at radius 1 is 1.33 bits per heavy atom. The highest BCUT2D eigenvalue weighted by atomic mass is 16.5. The van der Waals surface area contributed by atoms with Crippen molar-refractivity contribution in [2.24, 2.45) is 5.92 Å². The third kappa shape index (κ3) is 3.26. The summed E-state index contributed by atoms with van der Waals surface area (Å²) in [5.74, 6) is 0.0980. The molecule has 1 atom stereocenters. The van der Waals surface area contributed by atoms with Gasteiger partial charge >= 0.3 is 5.97 Å². The van der Waals surface area contributed by atoms with Crippen molar-refractivity contribution >= 4 is 5.97 Å². The third-order valence-electron chi connectivity index (χ3n) is 4.74. The number of carbonyl (C=O) groups excluding carboxylic acids is 1. The second-order valence-electron chi connectivity index (χ2n) is 6.11. The summed E-state index contributed by atoms with van der Waals surface area (Å²) in [6, 6.07) is 5.10. The third-order valence-corrected chi connectivity index (χ3v) is 4.74. The second-order valence-corrected chi connectivity index (χ2v) is 6.11. The Bertz CT molecular complexity index is 495. The number of carbonyl (C=O) groups is 1. The molecule has 1 N–H and O–H groups in total. The molecule has 21 heavy (non-hydrogen) atoms. The minimum absolute atomic E-state index is 0.0103. The van der Waals surface area contributed by atoms with Gasteiger partial charge in [-0.05, 0) is 57.1 Å². The summed E-state index contributed by atoms with van der Waals surface area (Å²) < 4.78 is 5.13. The fourth-order valence-corrected chi connectivity index (χ4v) is 3.62. The first-order valence-corrected chi connectivity index (χ1v) is 8.14. The summed E-state index contributed by atoms with van der Waals surface area (Å²) in [6.45, 7) is 2.36. The number of nitrogens with zero attached hydrogens (tertiary/aromatic N) is 1. The van der Waals surface area contributed by atoms with Gasteiger partial charge in [0.05, 0.1) is 24.3 Å². The van der Waals surface area contributed by atoms with Gasteiger partial charge in [0, 0.05) is 12.2 Å². The summed E-state index contributed by atoms with van der Waals surface area (Å²) in [6.07, 6.45) is 8.15. The van der Waals surface area contributed by atoms with Gasteiger partial charge < -0.3 is 10.1 Å². The Morgan fingerprint density at radius 3 is 2.90 bits per heavy atom. The van der Waals surface area contributed by atoms with E-state index in [9.17, 15) is 4.79 Å². The highest BCUT2D eigenvalue weighted by Crippen LogP contribution is 2.32. The number of ether oxygens (including phenoxy) is 1. The van der Waals surface area contributed by atoms with Crippen LogP contribution >= 0.6 is 0 Å². The Hall–Kier alpha value is -1.42. The van der Waals surface area contributed by atoms with Gasteiger partial charge in [-0.3, -0.25) is 9.78 Å². The first kappa shape index (κ1) is 14.5. The zero-order valence-corrected chi connectivity index (χ0v) is 12.7. The average Bonchev–Trinajstić information content (AvgIpc) is 2.92. The fourth-order valence-electron chi connectivity index (χ4n) is 3.62. The number of aromatic nitrogens is 1. The van der Waals surface area contributed by atoms with Crippen LogP contribution in [0.4, 0.5) is 0 Å². The van der Waals surface area contributed by atoms with E-state index < -0.39 is 0 Å². The van der Waals surface area contributed by atoms with Crippen LogP contribution in [0.5, 0.6) is 0 Å². The summed E-state index contributed by atoms with van der Waals surface area (Å²) in [7, 11) is 0. The smallest absolute Gasteiger partial charge is 0.308 e. The molecule has 2 aliphatic carbocycles. The zero-order chi connectivity index (χ0) is 14.7. The van der Waals surface area contributed by atoms with E-state index >= 15 is 0 Å². The normalized spacial score (nSPS) is 28.1. The van der Waals surface area contributed by atoms with Crippen LogP contribution in [0.25, 0.3) is 0 Å². The molecular weight excluding hydrogens is 264 g/mol. The minimum atomic E-state index is -0.0103. The standard InChI is InChI=1S/C17H24N2O2/c1-2-21-17(20)13-5-8-14(9-6-13)19-15-10-7-12-4-3-11-18-16(12)15/h3-4,11,13-15,19H,2,5-10H2,1H3. The van der Waals surface area contributed by atoms with E-state index in [0.29, 0.717) is 18.7 Å². The molecule has 0 aliphatic heterocycles. The van der Waals surface area contributed by atoms with E-state index in [4.69, 9.17) is 4.74 Å². The predicted molar refractivity (Wildman–Crippen MR) is 80.8 cm³/mol. The van der Waals surface area contributed by atoms with Crippen molar-refractivity contribution in [3.63, 3.8) is 0 Å². The lowest BCUT2D eigenvalue weighted by molar-refractivity contribution is -0.149. The zero-order valence-electron chi connectivity index (χ0n) is 12.7. The molecule has 114 valence electrons. The van der Waals surface area contributed by atoms with E-state index in [-0.39, 0.29) is 11.9 Å². The molecule has 2 aliphatic rings. The molecule has 1 aromatic heterocycles. The summed E-state index contributed by atoms with van der Waals surface area (Å²) >= 11 is 0. The Balaban J connectivity index is 1.51. The molecule has 1 saturated carbocycles. The van der Waals surface area contributed by atoms with Gasteiger partial charge in [0.15, 0.2) is 0 Å². The number of pyridine rings is 1. The lowest BCUT2D eigenvalue weighted by Crippen LogP contribution is -2.37. The molecule has 0 bridgehead atoms. The molecule has 1 unspecified atom stereocenters. The van der Waals surface area contributed by atoms with E-state index in [1.54, 1.807) is 0 Å². The van der Waals surface area contributed by atoms with E-state index in [0.717, 1.165) is 38.5 Å². The van der Waals surface area contributed by atoms with E-state index in [1.807, 2.05) is 19.2 Å². The number of esters is 1. The number of aryl methyl sites for hydroxylation is 1. The van der Waals surface area contributed by atoms with Crippen molar-refractivity contribution in [3.8, 4) is 0 Å². The minimum Gasteiger partial charge on any atom is -0.466 e. The molecule has 0 aromatic carbocycles. The van der Waals surface area contributed by atoms with Crippen molar-refractivity contribution in [2.45, 2.75) is 57.5 Å². The monoisotopic (exact) mass is 288 g/mol. The van der Waals surface area contributed by atoms with Crippen molar-refractivity contribution in [2.75, 3.05) is 6.61 Å². The van der Waals surface area contributed by atoms with E-state index in [2.05, 4.69) is 16.4 Å². The molecular formula is C17H24N2O2. The molecule has 3 rings (SSSR count). The molecule has 0 amide bonds. The topological polar surface area (TPSA) is 51.2 Å². The SMILES string of the molecule is CCOC(=O)C1CCC(NC2CCc3cccnc32)CC1. The number of hydrogen-bond donors (Lipinski definition) is 1. The van der Waals surface area contributed by atoms with Crippen molar-refractivity contribution in [1.82, 2.24) is 10.3 Å². The van der Waals surface area contributed by atoms with Crippen molar-refractivity contribution in [1.29, 1.82) is 0 Å². The maximum Gasteiger partial charge on any atom is 0.308 e. The molecule has 1 heterocycles. The molecule has 0 spiro atoms. The van der Waals surface area contributed by atoms with Crippen LogP contribution in [0, 0.1) is 5.92 Å².